The third-order valence-corrected chi connectivity index (χ3v) is 4.16. The lowest BCUT2D eigenvalue weighted by Crippen LogP contribution is -2.90. The monoisotopic (exact) mass is 329 g/mol. The molecule has 1 amide bonds. The van der Waals surface area contributed by atoms with Crippen LogP contribution in [0.1, 0.15) is 40.9 Å². The van der Waals surface area contributed by atoms with Crippen molar-refractivity contribution in [1.82, 2.24) is 0 Å². The molecule has 0 saturated heterocycles. The lowest BCUT2D eigenvalue weighted by Gasteiger charge is -2.15. The van der Waals surface area contributed by atoms with E-state index < -0.39 is 12.0 Å². The predicted octanol–water partition coefficient (Wildman–Crippen LogP) is 1.11. The molecular weight excluding hydrogens is 304 g/mol. The molecule has 0 bridgehead atoms. The first kappa shape index (κ1) is 18.0. The van der Waals surface area contributed by atoms with E-state index in [2.05, 4.69) is 24.4 Å². The van der Waals surface area contributed by atoms with Gasteiger partial charge in [0.15, 0.2) is 0 Å². The van der Waals surface area contributed by atoms with Crippen molar-refractivity contribution < 1.29 is 20.3 Å². The second-order valence-corrected chi connectivity index (χ2v) is 6.13. The van der Waals surface area contributed by atoms with Gasteiger partial charge in [-0.2, -0.15) is 0 Å². The Hall–Kier alpha value is -2.37. The fourth-order valence-corrected chi connectivity index (χ4v) is 2.61. The average Bonchev–Trinajstić information content (AvgIpc) is 2.59. The standard InChI is InChI=1S/C19H24N2O3/c1-13(7-8-14-5-3-2-4-6-14)21-12-18(23)15-9-10-17(22)16(11-15)19(20)24/h2-6,9-11,13,18,21-23H,7-8,12H2,1H3,(H2,20,24)/p+1/t13-,18+/m1/s1. The number of carbonyl (C=O) groups is 1. The highest BCUT2D eigenvalue weighted by Crippen LogP contribution is 2.21. The summed E-state index contributed by atoms with van der Waals surface area (Å²) in [6.45, 7) is 2.61. The van der Waals surface area contributed by atoms with Gasteiger partial charge in [0.05, 0.1) is 11.6 Å². The molecule has 6 N–H and O–H groups in total. The van der Waals surface area contributed by atoms with Crippen molar-refractivity contribution in [2.75, 3.05) is 6.54 Å². The molecule has 0 fully saturated rings. The van der Waals surface area contributed by atoms with Crippen LogP contribution in [0.25, 0.3) is 0 Å². The zero-order chi connectivity index (χ0) is 17.5. The summed E-state index contributed by atoms with van der Waals surface area (Å²) < 4.78 is 0. The fourth-order valence-electron chi connectivity index (χ4n) is 2.61. The number of carbonyl (C=O) groups excluding carboxylic acids is 1. The number of primary amides is 1. The van der Waals surface area contributed by atoms with Crippen LogP contribution in [-0.2, 0) is 6.42 Å². The van der Waals surface area contributed by atoms with E-state index in [1.54, 1.807) is 6.07 Å². The van der Waals surface area contributed by atoms with Crippen LogP contribution in [0.5, 0.6) is 5.75 Å². The summed E-state index contributed by atoms with van der Waals surface area (Å²) in [5.74, 6) is -0.875. The number of benzene rings is 2. The van der Waals surface area contributed by atoms with Gasteiger partial charge >= 0.3 is 0 Å². The number of quaternary nitrogens is 1. The van der Waals surface area contributed by atoms with Crippen LogP contribution in [0.15, 0.2) is 48.5 Å². The van der Waals surface area contributed by atoms with Crippen LogP contribution in [-0.4, -0.2) is 28.7 Å². The molecule has 0 unspecified atom stereocenters. The zero-order valence-electron chi connectivity index (χ0n) is 13.9. The van der Waals surface area contributed by atoms with E-state index in [1.807, 2.05) is 18.2 Å². The van der Waals surface area contributed by atoms with Gasteiger partial charge in [-0.25, -0.2) is 0 Å². The summed E-state index contributed by atoms with van der Waals surface area (Å²) in [6.07, 6.45) is 1.29. The van der Waals surface area contributed by atoms with E-state index in [0.717, 1.165) is 12.8 Å². The minimum absolute atomic E-state index is 0.0312. The minimum atomic E-state index is -0.720. The third kappa shape index (κ3) is 5.08. The number of aliphatic hydroxyl groups is 1. The number of amides is 1. The highest BCUT2D eigenvalue weighted by atomic mass is 16.3. The Balaban J connectivity index is 1.85. The Morgan fingerprint density at radius 1 is 1.21 bits per heavy atom. The van der Waals surface area contributed by atoms with E-state index in [9.17, 15) is 15.0 Å². The lowest BCUT2D eigenvalue weighted by atomic mass is 10.0. The van der Waals surface area contributed by atoms with E-state index >= 15 is 0 Å². The summed E-state index contributed by atoms with van der Waals surface area (Å²) in [7, 11) is 0. The van der Waals surface area contributed by atoms with Crippen molar-refractivity contribution in [2.45, 2.75) is 31.9 Å². The van der Waals surface area contributed by atoms with Crippen LogP contribution in [0.3, 0.4) is 0 Å². The molecule has 2 atom stereocenters. The van der Waals surface area contributed by atoms with Crippen molar-refractivity contribution in [1.29, 1.82) is 0 Å². The highest BCUT2D eigenvalue weighted by molar-refractivity contribution is 5.95. The second kappa shape index (κ2) is 8.47. The summed E-state index contributed by atoms with van der Waals surface area (Å²) >= 11 is 0. The van der Waals surface area contributed by atoms with Gasteiger partial charge < -0.3 is 21.3 Å². The number of rotatable bonds is 8. The first-order valence-electron chi connectivity index (χ1n) is 8.15. The van der Waals surface area contributed by atoms with Gasteiger partial charge in [-0.05, 0) is 36.6 Å². The molecule has 0 heterocycles. The Morgan fingerprint density at radius 3 is 2.58 bits per heavy atom. The van der Waals surface area contributed by atoms with E-state index in [1.165, 1.54) is 17.7 Å². The molecule has 24 heavy (non-hydrogen) atoms. The largest absolute Gasteiger partial charge is 0.507 e. The molecule has 2 aromatic rings. The number of aromatic hydroxyl groups is 1. The molecule has 0 aliphatic heterocycles. The Morgan fingerprint density at radius 2 is 1.92 bits per heavy atom. The van der Waals surface area contributed by atoms with Crippen molar-refractivity contribution >= 4 is 5.91 Å². The van der Waals surface area contributed by atoms with Crippen LogP contribution in [0.2, 0.25) is 0 Å². The molecule has 128 valence electrons. The van der Waals surface area contributed by atoms with Crippen LogP contribution >= 0.6 is 0 Å². The maximum atomic E-state index is 11.3. The van der Waals surface area contributed by atoms with Gasteiger partial charge in [0, 0.05) is 6.42 Å². The van der Waals surface area contributed by atoms with Gasteiger partial charge in [0.2, 0.25) is 0 Å². The molecule has 0 saturated carbocycles. The number of aliphatic hydroxyl groups excluding tert-OH is 1. The first-order chi connectivity index (χ1) is 11.5. The number of hydrogen-bond donors (Lipinski definition) is 4. The Kier molecular flexibility index (Phi) is 6.35. The molecule has 0 aromatic heterocycles. The highest BCUT2D eigenvalue weighted by Gasteiger charge is 2.16. The van der Waals surface area contributed by atoms with Crippen molar-refractivity contribution in [3.63, 3.8) is 0 Å². The normalized spacial score (nSPS) is 13.4. The van der Waals surface area contributed by atoms with Gasteiger partial charge in [-0.15, -0.1) is 0 Å². The zero-order valence-corrected chi connectivity index (χ0v) is 13.9. The third-order valence-electron chi connectivity index (χ3n) is 4.16. The van der Waals surface area contributed by atoms with E-state index in [-0.39, 0.29) is 11.3 Å². The van der Waals surface area contributed by atoms with Crippen LogP contribution < -0.4 is 11.1 Å². The molecule has 5 heteroatoms. The molecular formula is C19H25N2O3+. The smallest absolute Gasteiger partial charge is 0.252 e. The van der Waals surface area contributed by atoms with Crippen LogP contribution in [0.4, 0.5) is 0 Å². The van der Waals surface area contributed by atoms with Crippen molar-refractivity contribution in [3.05, 3.63) is 65.2 Å². The number of nitrogens with two attached hydrogens (primary N) is 2. The SMILES string of the molecule is C[C@H](CCc1ccccc1)[NH2+]C[C@H](O)c1ccc(O)c(C(N)=O)c1. The maximum absolute atomic E-state index is 11.3. The van der Waals surface area contributed by atoms with Crippen molar-refractivity contribution in [2.24, 2.45) is 5.73 Å². The number of hydrogen-bond acceptors (Lipinski definition) is 3. The summed E-state index contributed by atoms with van der Waals surface area (Å²) in [5.41, 5.74) is 7.13. The van der Waals surface area contributed by atoms with Gasteiger partial charge in [-0.1, -0.05) is 36.4 Å². The number of phenols is 1. The summed E-state index contributed by atoms with van der Waals surface area (Å²) in [4.78, 5) is 11.3. The summed E-state index contributed by atoms with van der Waals surface area (Å²) in [6, 6.07) is 15.1. The van der Waals surface area contributed by atoms with Gasteiger partial charge in [-0.3, -0.25) is 4.79 Å². The topological polar surface area (TPSA) is 100 Å². The second-order valence-electron chi connectivity index (χ2n) is 6.13. The van der Waals surface area contributed by atoms with Crippen LogP contribution in [0, 0.1) is 0 Å². The quantitative estimate of drug-likeness (QED) is 0.583. The van der Waals surface area contributed by atoms with E-state index in [4.69, 9.17) is 5.73 Å². The summed E-state index contributed by atoms with van der Waals surface area (Å²) in [5, 5.41) is 22.0. The Bertz CT molecular complexity index is 674. The predicted molar refractivity (Wildman–Crippen MR) is 92.6 cm³/mol. The molecule has 2 aromatic carbocycles. The van der Waals surface area contributed by atoms with Gasteiger partial charge in [0.25, 0.3) is 5.91 Å². The average molecular weight is 329 g/mol. The molecule has 0 spiro atoms. The number of aryl methyl sites for hydroxylation is 1. The molecule has 0 aliphatic carbocycles. The first-order valence-corrected chi connectivity index (χ1v) is 8.15. The Labute approximate surface area is 142 Å². The van der Waals surface area contributed by atoms with E-state index in [0.29, 0.717) is 18.2 Å². The van der Waals surface area contributed by atoms with Gasteiger partial charge in [0.1, 0.15) is 18.4 Å². The lowest BCUT2D eigenvalue weighted by molar-refractivity contribution is -0.693. The van der Waals surface area contributed by atoms with Crippen molar-refractivity contribution in [3.8, 4) is 5.75 Å². The maximum Gasteiger partial charge on any atom is 0.252 e. The molecule has 0 aliphatic rings. The minimum Gasteiger partial charge on any atom is -0.507 e. The molecule has 0 radical (unpaired) electrons. The fraction of sp³-hybridized carbons (Fsp3) is 0.316. The molecule has 5 nitrogen and oxygen atoms in total. The molecule has 2 rings (SSSR count).